The molecule has 0 aromatic heterocycles. The van der Waals surface area contributed by atoms with E-state index in [0.717, 1.165) is 19.6 Å². The van der Waals surface area contributed by atoms with Crippen LogP contribution in [0.15, 0.2) is 0 Å². The van der Waals surface area contributed by atoms with Crippen molar-refractivity contribution in [1.29, 1.82) is 0 Å². The predicted molar refractivity (Wildman–Crippen MR) is 73.3 cm³/mol. The van der Waals surface area contributed by atoms with E-state index in [0.29, 0.717) is 12.3 Å². The first kappa shape index (κ1) is 15.4. The minimum atomic E-state index is -0.171. The smallest absolute Gasteiger partial charge is 0.240 e. The van der Waals surface area contributed by atoms with Gasteiger partial charge in [-0.3, -0.25) is 9.69 Å². The second kappa shape index (κ2) is 6.02. The van der Waals surface area contributed by atoms with Crippen molar-refractivity contribution in [2.24, 2.45) is 11.3 Å². The summed E-state index contributed by atoms with van der Waals surface area (Å²) in [6.07, 6.45) is 0.528. The standard InChI is InChI=1S/C14H28N2O2/c1-11(2)8-16-10-14(3,4)9-15(5)12(6-7-17)13(16)18/h11-12,17H,6-10H2,1-5H3. The summed E-state index contributed by atoms with van der Waals surface area (Å²) in [5, 5.41) is 9.15. The molecule has 1 unspecified atom stereocenters. The van der Waals surface area contributed by atoms with E-state index < -0.39 is 0 Å². The third-order valence-electron chi connectivity index (χ3n) is 3.41. The van der Waals surface area contributed by atoms with E-state index in [1.165, 1.54) is 0 Å². The Morgan fingerprint density at radius 2 is 2.00 bits per heavy atom. The molecular formula is C14H28N2O2. The summed E-state index contributed by atoms with van der Waals surface area (Å²) in [5.74, 6) is 0.647. The van der Waals surface area contributed by atoms with Gasteiger partial charge in [-0.1, -0.05) is 27.7 Å². The monoisotopic (exact) mass is 256 g/mol. The molecule has 1 N–H and O–H groups in total. The van der Waals surface area contributed by atoms with Crippen LogP contribution in [0.25, 0.3) is 0 Å². The van der Waals surface area contributed by atoms with Crippen LogP contribution in [0.4, 0.5) is 0 Å². The zero-order valence-corrected chi connectivity index (χ0v) is 12.4. The molecule has 1 atom stereocenters. The second-order valence-corrected chi connectivity index (χ2v) is 6.72. The highest BCUT2D eigenvalue weighted by molar-refractivity contribution is 5.82. The summed E-state index contributed by atoms with van der Waals surface area (Å²) in [6.45, 7) is 11.2. The number of carbonyl (C=O) groups is 1. The zero-order chi connectivity index (χ0) is 13.9. The Morgan fingerprint density at radius 3 is 2.50 bits per heavy atom. The number of rotatable bonds is 4. The van der Waals surface area contributed by atoms with Crippen LogP contribution in [0.3, 0.4) is 0 Å². The van der Waals surface area contributed by atoms with E-state index >= 15 is 0 Å². The first-order chi connectivity index (χ1) is 8.26. The molecule has 4 nitrogen and oxygen atoms in total. The summed E-state index contributed by atoms with van der Waals surface area (Å²) in [4.78, 5) is 16.6. The SMILES string of the molecule is CC(C)CN1CC(C)(C)CN(C)C(CCO)C1=O. The average Bonchev–Trinajstić information content (AvgIpc) is 2.27. The van der Waals surface area contributed by atoms with Crippen LogP contribution >= 0.6 is 0 Å². The van der Waals surface area contributed by atoms with Gasteiger partial charge in [0.05, 0.1) is 6.04 Å². The van der Waals surface area contributed by atoms with Crippen LogP contribution in [0.1, 0.15) is 34.1 Å². The van der Waals surface area contributed by atoms with Crippen molar-refractivity contribution in [2.45, 2.75) is 40.2 Å². The fourth-order valence-electron chi connectivity index (χ4n) is 2.89. The summed E-state index contributed by atoms with van der Waals surface area (Å²) >= 11 is 0. The highest BCUT2D eigenvalue weighted by Crippen LogP contribution is 2.25. The highest BCUT2D eigenvalue weighted by atomic mass is 16.3. The number of aliphatic hydroxyl groups excluding tert-OH is 1. The summed E-state index contributed by atoms with van der Waals surface area (Å²) in [6, 6.07) is -0.171. The molecule has 18 heavy (non-hydrogen) atoms. The number of likely N-dealkylation sites (N-methyl/N-ethyl adjacent to an activating group) is 1. The van der Waals surface area contributed by atoms with Gasteiger partial charge in [-0.15, -0.1) is 0 Å². The van der Waals surface area contributed by atoms with E-state index in [2.05, 4.69) is 32.6 Å². The van der Waals surface area contributed by atoms with Crippen molar-refractivity contribution in [3.8, 4) is 0 Å². The molecule has 1 heterocycles. The lowest BCUT2D eigenvalue weighted by atomic mass is 9.92. The molecule has 0 radical (unpaired) electrons. The van der Waals surface area contributed by atoms with Gasteiger partial charge in [0.25, 0.3) is 0 Å². The van der Waals surface area contributed by atoms with Crippen molar-refractivity contribution in [3.63, 3.8) is 0 Å². The fourth-order valence-corrected chi connectivity index (χ4v) is 2.89. The molecule has 4 heteroatoms. The molecule has 0 aromatic carbocycles. The first-order valence-corrected chi connectivity index (χ1v) is 6.87. The Bertz CT molecular complexity index is 290. The van der Waals surface area contributed by atoms with Gasteiger partial charge in [0.2, 0.25) is 5.91 Å². The largest absolute Gasteiger partial charge is 0.396 e. The third kappa shape index (κ3) is 3.95. The third-order valence-corrected chi connectivity index (χ3v) is 3.41. The normalized spacial score (nSPS) is 25.6. The Morgan fingerprint density at radius 1 is 1.39 bits per heavy atom. The van der Waals surface area contributed by atoms with Crippen LogP contribution in [-0.4, -0.2) is 60.1 Å². The summed E-state index contributed by atoms with van der Waals surface area (Å²) in [7, 11) is 1.98. The van der Waals surface area contributed by atoms with Gasteiger partial charge in [-0.2, -0.15) is 0 Å². The van der Waals surface area contributed by atoms with E-state index in [1.54, 1.807) is 0 Å². The molecule has 1 fully saturated rings. The molecule has 0 aliphatic carbocycles. The average molecular weight is 256 g/mol. The van der Waals surface area contributed by atoms with Crippen molar-refractivity contribution in [2.75, 3.05) is 33.3 Å². The van der Waals surface area contributed by atoms with Crippen LogP contribution in [0.5, 0.6) is 0 Å². The number of nitrogens with zero attached hydrogens (tertiary/aromatic N) is 2. The van der Waals surface area contributed by atoms with Gasteiger partial charge < -0.3 is 10.0 Å². The Kier molecular flexibility index (Phi) is 5.17. The fraction of sp³-hybridized carbons (Fsp3) is 0.929. The Labute approximate surface area is 111 Å². The molecule has 0 bridgehead atoms. The quantitative estimate of drug-likeness (QED) is 0.822. The minimum absolute atomic E-state index is 0.0662. The molecule has 106 valence electrons. The maximum absolute atomic E-state index is 12.5. The van der Waals surface area contributed by atoms with Crippen LogP contribution in [0.2, 0.25) is 0 Å². The second-order valence-electron chi connectivity index (χ2n) is 6.72. The Hall–Kier alpha value is -0.610. The van der Waals surface area contributed by atoms with Crippen LogP contribution < -0.4 is 0 Å². The van der Waals surface area contributed by atoms with E-state index in [-0.39, 0.29) is 24.0 Å². The lowest BCUT2D eigenvalue weighted by Gasteiger charge is -2.30. The maximum atomic E-state index is 12.5. The molecule has 1 aliphatic rings. The molecule has 0 saturated carbocycles. The topological polar surface area (TPSA) is 43.8 Å². The number of hydrogen-bond acceptors (Lipinski definition) is 3. The summed E-state index contributed by atoms with van der Waals surface area (Å²) < 4.78 is 0. The van der Waals surface area contributed by atoms with E-state index in [4.69, 9.17) is 5.11 Å². The van der Waals surface area contributed by atoms with E-state index in [9.17, 15) is 4.79 Å². The Balaban J connectivity index is 2.92. The zero-order valence-electron chi connectivity index (χ0n) is 12.4. The van der Waals surface area contributed by atoms with Gasteiger partial charge >= 0.3 is 0 Å². The molecule has 0 spiro atoms. The highest BCUT2D eigenvalue weighted by Gasteiger charge is 2.37. The molecular weight excluding hydrogens is 228 g/mol. The van der Waals surface area contributed by atoms with Crippen LogP contribution in [-0.2, 0) is 4.79 Å². The first-order valence-electron chi connectivity index (χ1n) is 6.87. The molecule has 0 aromatic rings. The lowest BCUT2D eigenvalue weighted by Crippen LogP contribution is -2.45. The predicted octanol–water partition coefficient (Wildman–Crippen LogP) is 1.19. The number of amides is 1. The number of hydrogen-bond donors (Lipinski definition) is 1. The van der Waals surface area contributed by atoms with Crippen LogP contribution in [0, 0.1) is 11.3 Å². The van der Waals surface area contributed by atoms with Gasteiger partial charge in [0.15, 0.2) is 0 Å². The van der Waals surface area contributed by atoms with Gasteiger partial charge in [0.1, 0.15) is 0 Å². The number of aliphatic hydroxyl groups is 1. The maximum Gasteiger partial charge on any atom is 0.240 e. The minimum Gasteiger partial charge on any atom is -0.396 e. The molecule has 1 aliphatic heterocycles. The van der Waals surface area contributed by atoms with Crippen molar-refractivity contribution >= 4 is 5.91 Å². The van der Waals surface area contributed by atoms with Gasteiger partial charge in [0, 0.05) is 26.2 Å². The molecule has 1 rings (SSSR count). The van der Waals surface area contributed by atoms with Crippen molar-refractivity contribution in [3.05, 3.63) is 0 Å². The number of carbonyl (C=O) groups excluding carboxylic acids is 1. The lowest BCUT2D eigenvalue weighted by molar-refractivity contribution is -0.136. The van der Waals surface area contributed by atoms with E-state index in [1.807, 2.05) is 11.9 Å². The van der Waals surface area contributed by atoms with Gasteiger partial charge in [-0.25, -0.2) is 0 Å². The summed E-state index contributed by atoms with van der Waals surface area (Å²) in [5.41, 5.74) is 0.101. The van der Waals surface area contributed by atoms with Gasteiger partial charge in [-0.05, 0) is 24.8 Å². The molecule has 1 amide bonds. The van der Waals surface area contributed by atoms with Crippen molar-refractivity contribution in [1.82, 2.24) is 9.80 Å². The molecule has 1 saturated heterocycles. The van der Waals surface area contributed by atoms with Crippen molar-refractivity contribution < 1.29 is 9.90 Å².